The van der Waals surface area contributed by atoms with Crippen LogP contribution in [0.4, 0.5) is 0 Å². The first-order valence-electron chi connectivity index (χ1n) is 10.2. The average Bonchev–Trinajstić information content (AvgIpc) is 2.71. The fraction of sp³-hybridized carbons (Fsp3) is 0.417. The summed E-state index contributed by atoms with van der Waals surface area (Å²) in [6, 6.07) is 15.1. The van der Waals surface area contributed by atoms with E-state index in [1.54, 1.807) is 12.1 Å². The Bertz CT molecular complexity index is 701. The van der Waals surface area contributed by atoms with E-state index in [1.165, 1.54) is 0 Å². The van der Waals surface area contributed by atoms with Gasteiger partial charge in [-0.25, -0.2) is 9.59 Å². The number of hydrogen-bond acceptors (Lipinski definition) is 4. The van der Waals surface area contributed by atoms with Crippen molar-refractivity contribution >= 4 is 11.9 Å². The van der Waals surface area contributed by atoms with Crippen molar-refractivity contribution < 1.29 is 19.1 Å². The standard InChI is InChI=1S/C24H30O4/c1-3-9-19-11-7-13-21(17-19)23(25)27-15-5-6-16-28-24(26)22-14-8-12-20(18-22)10-4-2/h7-8,11-14,17-18H,3-6,9-10,15-16H2,1-2H3. The zero-order valence-electron chi connectivity index (χ0n) is 16.9. The summed E-state index contributed by atoms with van der Waals surface area (Å²) in [5.41, 5.74) is 3.47. The first-order valence-corrected chi connectivity index (χ1v) is 10.2. The Morgan fingerprint density at radius 2 is 1.14 bits per heavy atom. The number of carbonyl (C=O) groups is 2. The lowest BCUT2D eigenvalue weighted by molar-refractivity contribution is 0.0432. The van der Waals surface area contributed by atoms with Crippen LogP contribution in [-0.2, 0) is 22.3 Å². The smallest absolute Gasteiger partial charge is 0.338 e. The summed E-state index contributed by atoms with van der Waals surface area (Å²) in [5.74, 6) is -0.606. The molecule has 0 fully saturated rings. The molecule has 0 aliphatic heterocycles. The molecule has 0 saturated heterocycles. The van der Waals surface area contributed by atoms with Crippen LogP contribution in [-0.4, -0.2) is 25.2 Å². The van der Waals surface area contributed by atoms with Crippen LogP contribution in [0.25, 0.3) is 0 Å². The average molecular weight is 383 g/mol. The maximum atomic E-state index is 12.1. The molecule has 2 aromatic carbocycles. The van der Waals surface area contributed by atoms with Gasteiger partial charge in [0.25, 0.3) is 0 Å². The van der Waals surface area contributed by atoms with Crippen LogP contribution in [0.1, 0.15) is 71.4 Å². The number of esters is 2. The van der Waals surface area contributed by atoms with Crippen molar-refractivity contribution in [2.75, 3.05) is 13.2 Å². The Balaban J connectivity index is 1.66. The van der Waals surface area contributed by atoms with Crippen molar-refractivity contribution in [1.29, 1.82) is 0 Å². The molecule has 2 rings (SSSR count). The predicted molar refractivity (Wildman–Crippen MR) is 111 cm³/mol. The fourth-order valence-electron chi connectivity index (χ4n) is 2.99. The molecule has 0 atom stereocenters. The van der Waals surface area contributed by atoms with E-state index in [4.69, 9.17) is 9.47 Å². The van der Waals surface area contributed by atoms with Gasteiger partial charge < -0.3 is 9.47 Å². The van der Waals surface area contributed by atoms with E-state index in [2.05, 4.69) is 13.8 Å². The molecule has 0 amide bonds. The first kappa shape index (κ1) is 21.7. The number of benzene rings is 2. The summed E-state index contributed by atoms with van der Waals surface area (Å²) in [6.45, 7) is 4.86. The molecule has 0 heterocycles. The van der Waals surface area contributed by atoms with E-state index in [1.807, 2.05) is 36.4 Å². The van der Waals surface area contributed by atoms with E-state index in [9.17, 15) is 9.59 Å². The summed E-state index contributed by atoms with van der Waals surface area (Å²) in [7, 11) is 0. The van der Waals surface area contributed by atoms with Gasteiger partial charge in [0.2, 0.25) is 0 Å². The molecular weight excluding hydrogens is 352 g/mol. The van der Waals surface area contributed by atoms with Gasteiger partial charge in [0, 0.05) is 0 Å². The Morgan fingerprint density at radius 1 is 0.714 bits per heavy atom. The van der Waals surface area contributed by atoms with Crippen LogP contribution < -0.4 is 0 Å². The Morgan fingerprint density at radius 3 is 1.54 bits per heavy atom. The van der Waals surface area contributed by atoms with Crippen molar-refractivity contribution in [3.63, 3.8) is 0 Å². The highest BCUT2D eigenvalue weighted by molar-refractivity contribution is 5.90. The van der Waals surface area contributed by atoms with Gasteiger partial charge in [-0.1, -0.05) is 51.0 Å². The monoisotopic (exact) mass is 382 g/mol. The summed E-state index contributed by atoms with van der Waals surface area (Å²) in [4.78, 5) is 24.2. The molecule has 2 aromatic rings. The normalized spacial score (nSPS) is 10.5. The highest BCUT2D eigenvalue weighted by Gasteiger charge is 2.09. The van der Waals surface area contributed by atoms with Gasteiger partial charge in [0.1, 0.15) is 0 Å². The summed E-state index contributed by atoms with van der Waals surface area (Å²) in [5, 5.41) is 0. The van der Waals surface area contributed by atoms with Crippen LogP contribution in [0.5, 0.6) is 0 Å². The highest BCUT2D eigenvalue weighted by Crippen LogP contribution is 2.11. The molecule has 0 unspecified atom stereocenters. The molecule has 0 bridgehead atoms. The topological polar surface area (TPSA) is 52.6 Å². The first-order chi connectivity index (χ1) is 13.6. The lowest BCUT2D eigenvalue weighted by atomic mass is 10.1. The summed E-state index contributed by atoms with van der Waals surface area (Å²) in [6.07, 6.45) is 5.30. The summed E-state index contributed by atoms with van der Waals surface area (Å²) >= 11 is 0. The minimum atomic E-state index is -0.303. The second kappa shape index (κ2) is 12.0. The van der Waals surface area contributed by atoms with E-state index >= 15 is 0 Å². The van der Waals surface area contributed by atoms with Gasteiger partial charge in [0.05, 0.1) is 24.3 Å². The van der Waals surface area contributed by atoms with Crippen LogP contribution in [0.3, 0.4) is 0 Å². The molecule has 0 aliphatic carbocycles. The quantitative estimate of drug-likeness (QED) is 0.386. The van der Waals surface area contributed by atoms with Crippen molar-refractivity contribution in [2.45, 2.75) is 52.4 Å². The third kappa shape index (κ3) is 7.18. The highest BCUT2D eigenvalue weighted by atomic mass is 16.5. The van der Waals surface area contributed by atoms with Crippen molar-refractivity contribution in [1.82, 2.24) is 0 Å². The Hall–Kier alpha value is -2.62. The molecule has 0 spiro atoms. The van der Waals surface area contributed by atoms with Crippen molar-refractivity contribution in [2.24, 2.45) is 0 Å². The largest absolute Gasteiger partial charge is 0.462 e. The third-order valence-electron chi connectivity index (χ3n) is 4.41. The molecule has 4 heteroatoms. The number of carbonyl (C=O) groups excluding carboxylic acids is 2. The second-order valence-electron chi connectivity index (χ2n) is 6.88. The van der Waals surface area contributed by atoms with E-state index in [-0.39, 0.29) is 11.9 Å². The van der Waals surface area contributed by atoms with Gasteiger partial charge in [-0.05, 0) is 61.1 Å². The summed E-state index contributed by atoms with van der Waals surface area (Å²) < 4.78 is 10.6. The zero-order chi connectivity index (χ0) is 20.2. The van der Waals surface area contributed by atoms with Gasteiger partial charge in [-0.15, -0.1) is 0 Å². The van der Waals surface area contributed by atoms with E-state index in [0.29, 0.717) is 37.2 Å². The maximum Gasteiger partial charge on any atom is 0.338 e. The molecule has 0 aromatic heterocycles. The Kier molecular flexibility index (Phi) is 9.26. The SMILES string of the molecule is CCCc1cccc(C(=O)OCCCCOC(=O)c2cccc(CCC)c2)c1. The predicted octanol–water partition coefficient (Wildman–Crippen LogP) is 5.39. The van der Waals surface area contributed by atoms with Crippen LogP contribution in [0.15, 0.2) is 48.5 Å². The number of unbranched alkanes of at least 4 members (excludes halogenated alkanes) is 1. The molecule has 28 heavy (non-hydrogen) atoms. The molecule has 150 valence electrons. The number of ether oxygens (including phenoxy) is 2. The van der Waals surface area contributed by atoms with Crippen LogP contribution in [0.2, 0.25) is 0 Å². The minimum absolute atomic E-state index is 0.303. The molecule has 0 aliphatic rings. The zero-order valence-corrected chi connectivity index (χ0v) is 16.9. The van der Waals surface area contributed by atoms with Crippen LogP contribution >= 0.6 is 0 Å². The van der Waals surface area contributed by atoms with Gasteiger partial charge in [0.15, 0.2) is 0 Å². The number of hydrogen-bond donors (Lipinski definition) is 0. The molecule has 0 radical (unpaired) electrons. The van der Waals surface area contributed by atoms with Crippen molar-refractivity contribution in [3.05, 3.63) is 70.8 Å². The number of aryl methyl sites for hydroxylation is 2. The lowest BCUT2D eigenvalue weighted by Gasteiger charge is -2.08. The molecule has 0 N–H and O–H groups in total. The van der Waals surface area contributed by atoms with Crippen molar-refractivity contribution in [3.8, 4) is 0 Å². The third-order valence-corrected chi connectivity index (χ3v) is 4.41. The fourth-order valence-corrected chi connectivity index (χ4v) is 2.99. The second-order valence-corrected chi connectivity index (χ2v) is 6.88. The van der Waals surface area contributed by atoms with Gasteiger partial charge in [-0.3, -0.25) is 0 Å². The van der Waals surface area contributed by atoms with E-state index < -0.39 is 0 Å². The number of rotatable bonds is 11. The maximum absolute atomic E-state index is 12.1. The molecule has 4 nitrogen and oxygen atoms in total. The Labute approximate surface area is 167 Å². The van der Waals surface area contributed by atoms with Gasteiger partial charge in [-0.2, -0.15) is 0 Å². The van der Waals surface area contributed by atoms with Gasteiger partial charge >= 0.3 is 11.9 Å². The van der Waals surface area contributed by atoms with E-state index in [0.717, 1.165) is 36.8 Å². The lowest BCUT2D eigenvalue weighted by Crippen LogP contribution is -2.09. The molecule has 0 saturated carbocycles. The van der Waals surface area contributed by atoms with Crippen LogP contribution in [0, 0.1) is 0 Å². The minimum Gasteiger partial charge on any atom is -0.462 e. The molecular formula is C24H30O4.